The average molecular weight is 315 g/mol. The molecule has 0 heterocycles. The number of aliphatic hydroxyl groups is 1. The van der Waals surface area contributed by atoms with E-state index in [2.05, 4.69) is 4.72 Å². The van der Waals surface area contributed by atoms with E-state index in [1.807, 2.05) is 0 Å². The summed E-state index contributed by atoms with van der Waals surface area (Å²) < 4.78 is 39.6. The number of halogens is 1. The van der Waals surface area contributed by atoms with Crippen LogP contribution < -0.4 is 4.72 Å². The molecule has 1 aromatic rings. The van der Waals surface area contributed by atoms with Crippen molar-refractivity contribution in [1.29, 1.82) is 0 Å². The van der Waals surface area contributed by atoms with E-state index in [-0.39, 0.29) is 30.1 Å². The summed E-state index contributed by atoms with van der Waals surface area (Å²) in [6.07, 6.45) is 4.90. The van der Waals surface area contributed by atoms with Gasteiger partial charge in [-0.3, -0.25) is 0 Å². The lowest BCUT2D eigenvalue weighted by Crippen LogP contribution is -2.41. The van der Waals surface area contributed by atoms with Gasteiger partial charge in [-0.25, -0.2) is 17.5 Å². The van der Waals surface area contributed by atoms with Gasteiger partial charge < -0.3 is 5.11 Å². The first-order valence-electron chi connectivity index (χ1n) is 7.27. The lowest BCUT2D eigenvalue weighted by atomic mass is 9.75. The summed E-state index contributed by atoms with van der Waals surface area (Å²) in [4.78, 5) is 0. The van der Waals surface area contributed by atoms with Crippen LogP contribution in [0.3, 0.4) is 0 Å². The Morgan fingerprint density at radius 3 is 2.33 bits per heavy atom. The zero-order chi connectivity index (χ0) is 15.3. The molecule has 1 aromatic carbocycles. The number of aliphatic hydroxyl groups excluding tert-OH is 1. The minimum atomic E-state index is -3.48. The number of nitrogens with one attached hydrogen (secondary N) is 1. The highest BCUT2D eigenvalue weighted by atomic mass is 32.2. The van der Waals surface area contributed by atoms with E-state index >= 15 is 0 Å². The number of rotatable bonds is 6. The predicted molar refractivity (Wildman–Crippen MR) is 79.6 cm³/mol. The normalized spacial score (nSPS) is 18.6. The molecule has 1 fully saturated rings. The van der Waals surface area contributed by atoms with E-state index in [9.17, 15) is 17.9 Å². The van der Waals surface area contributed by atoms with Gasteiger partial charge in [0.05, 0.1) is 5.75 Å². The van der Waals surface area contributed by atoms with Crippen molar-refractivity contribution >= 4 is 10.0 Å². The van der Waals surface area contributed by atoms with Gasteiger partial charge in [-0.2, -0.15) is 0 Å². The molecule has 0 radical (unpaired) electrons. The van der Waals surface area contributed by atoms with Crippen molar-refractivity contribution in [3.63, 3.8) is 0 Å². The smallest absolute Gasteiger partial charge is 0.215 e. The molecule has 4 nitrogen and oxygen atoms in total. The third kappa shape index (κ3) is 4.76. The van der Waals surface area contributed by atoms with E-state index in [1.165, 1.54) is 24.3 Å². The molecule has 2 rings (SSSR count). The molecule has 0 aliphatic heterocycles. The van der Waals surface area contributed by atoms with Crippen molar-refractivity contribution in [2.24, 2.45) is 5.41 Å². The van der Waals surface area contributed by atoms with Gasteiger partial charge in [0.2, 0.25) is 10.0 Å². The molecule has 0 aromatic heterocycles. The van der Waals surface area contributed by atoms with Gasteiger partial charge in [-0.15, -0.1) is 0 Å². The number of hydrogen-bond acceptors (Lipinski definition) is 3. The first-order chi connectivity index (χ1) is 9.95. The Bertz CT molecular complexity index is 551. The Balaban J connectivity index is 1.95. The van der Waals surface area contributed by atoms with Crippen molar-refractivity contribution in [3.05, 3.63) is 35.6 Å². The minimum absolute atomic E-state index is 0.00602. The SMILES string of the molecule is O=S(=O)(Cc1ccc(F)cc1)NCC1(CO)CCCCC1. The molecule has 1 aliphatic carbocycles. The summed E-state index contributed by atoms with van der Waals surface area (Å²) >= 11 is 0. The molecule has 1 saturated carbocycles. The van der Waals surface area contributed by atoms with Crippen LogP contribution >= 0.6 is 0 Å². The molecule has 0 spiro atoms. The Labute approximate surface area is 125 Å². The van der Waals surface area contributed by atoms with Crippen LogP contribution in [-0.2, 0) is 15.8 Å². The number of hydrogen-bond donors (Lipinski definition) is 2. The highest BCUT2D eigenvalue weighted by Gasteiger charge is 2.32. The van der Waals surface area contributed by atoms with Crippen molar-refractivity contribution in [1.82, 2.24) is 4.72 Å². The van der Waals surface area contributed by atoms with E-state index < -0.39 is 10.0 Å². The molecule has 118 valence electrons. The molecule has 0 unspecified atom stereocenters. The van der Waals surface area contributed by atoms with Gasteiger partial charge in [0, 0.05) is 18.6 Å². The third-order valence-electron chi connectivity index (χ3n) is 4.19. The topological polar surface area (TPSA) is 66.4 Å². The Morgan fingerprint density at radius 2 is 1.76 bits per heavy atom. The summed E-state index contributed by atoms with van der Waals surface area (Å²) in [7, 11) is -3.48. The molecule has 21 heavy (non-hydrogen) atoms. The molecule has 0 saturated heterocycles. The standard InChI is InChI=1S/C15H22FNO3S/c16-14-6-4-13(5-7-14)10-21(19,20)17-11-15(12-18)8-2-1-3-9-15/h4-7,17-18H,1-3,8-12H2. The molecular formula is C15H22FNO3S. The molecule has 2 N–H and O–H groups in total. The zero-order valence-corrected chi connectivity index (χ0v) is 12.8. The van der Waals surface area contributed by atoms with Gasteiger partial charge in [-0.1, -0.05) is 31.4 Å². The van der Waals surface area contributed by atoms with Crippen molar-refractivity contribution in [2.45, 2.75) is 37.9 Å². The third-order valence-corrected chi connectivity index (χ3v) is 5.48. The van der Waals surface area contributed by atoms with Crippen molar-refractivity contribution < 1.29 is 17.9 Å². The molecule has 0 bridgehead atoms. The molecule has 6 heteroatoms. The minimum Gasteiger partial charge on any atom is -0.396 e. The quantitative estimate of drug-likeness (QED) is 0.845. The van der Waals surface area contributed by atoms with Gasteiger partial charge in [0.25, 0.3) is 0 Å². The first-order valence-corrected chi connectivity index (χ1v) is 8.93. The predicted octanol–water partition coefficient (Wildman–Crippen LogP) is 2.19. The van der Waals surface area contributed by atoms with Crippen molar-refractivity contribution in [3.8, 4) is 0 Å². The fourth-order valence-corrected chi connectivity index (χ4v) is 4.07. The second-order valence-electron chi connectivity index (χ2n) is 5.93. The Hall–Kier alpha value is -0.980. The Kier molecular flexibility index (Phi) is 5.35. The van der Waals surface area contributed by atoms with Crippen molar-refractivity contribution in [2.75, 3.05) is 13.2 Å². The van der Waals surface area contributed by atoms with Crippen LogP contribution in [0.25, 0.3) is 0 Å². The van der Waals surface area contributed by atoms with E-state index in [0.29, 0.717) is 5.56 Å². The largest absolute Gasteiger partial charge is 0.396 e. The summed E-state index contributed by atoms with van der Waals surface area (Å²) in [5, 5.41) is 9.58. The molecule has 1 aliphatic rings. The maximum Gasteiger partial charge on any atom is 0.215 e. The number of benzene rings is 1. The fourth-order valence-electron chi connectivity index (χ4n) is 2.81. The second-order valence-corrected chi connectivity index (χ2v) is 7.73. The molecular weight excluding hydrogens is 293 g/mol. The van der Waals surface area contributed by atoms with Crippen LogP contribution in [0.15, 0.2) is 24.3 Å². The van der Waals surface area contributed by atoms with Crippen LogP contribution in [0.1, 0.15) is 37.7 Å². The van der Waals surface area contributed by atoms with E-state index in [0.717, 1.165) is 32.1 Å². The summed E-state index contributed by atoms with van der Waals surface area (Å²) in [6, 6.07) is 5.44. The summed E-state index contributed by atoms with van der Waals surface area (Å²) in [6.45, 7) is 0.277. The van der Waals surface area contributed by atoms with Crippen LogP contribution in [0.2, 0.25) is 0 Å². The first kappa shape index (κ1) is 16.4. The lowest BCUT2D eigenvalue weighted by Gasteiger charge is -2.35. The summed E-state index contributed by atoms with van der Waals surface area (Å²) in [5.74, 6) is -0.556. The average Bonchev–Trinajstić information content (AvgIpc) is 2.49. The Morgan fingerprint density at radius 1 is 1.14 bits per heavy atom. The van der Waals surface area contributed by atoms with E-state index in [1.54, 1.807) is 0 Å². The fraction of sp³-hybridized carbons (Fsp3) is 0.600. The second kappa shape index (κ2) is 6.85. The summed E-state index contributed by atoms with van der Waals surface area (Å²) in [5.41, 5.74) is 0.222. The highest BCUT2D eigenvalue weighted by molar-refractivity contribution is 7.88. The van der Waals surface area contributed by atoms with Crippen LogP contribution in [0.5, 0.6) is 0 Å². The van der Waals surface area contributed by atoms with Gasteiger partial charge in [-0.05, 0) is 30.5 Å². The maximum absolute atomic E-state index is 12.8. The zero-order valence-electron chi connectivity index (χ0n) is 12.0. The lowest BCUT2D eigenvalue weighted by molar-refractivity contribution is 0.0867. The van der Waals surface area contributed by atoms with Crippen LogP contribution in [0, 0.1) is 11.2 Å². The van der Waals surface area contributed by atoms with Crippen LogP contribution in [-0.4, -0.2) is 26.7 Å². The monoisotopic (exact) mass is 315 g/mol. The van der Waals surface area contributed by atoms with Gasteiger partial charge >= 0.3 is 0 Å². The maximum atomic E-state index is 12.8. The molecule has 0 atom stereocenters. The highest BCUT2D eigenvalue weighted by Crippen LogP contribution is 2.35. The van der Waals surface area contributed by atoms with Gasteiger partial charge in [0.15, 0.2) is 0 Å². The van der Waals surface area contributed by atoms with Crippen LogP contribution in [0.4, 0.5) is 4.39 Å². The van der Waals surface area contributed by atoms with E-state index in [4.69, 9.17) is 0 Å². The molecule has 0 amide bonds. The van der Waals surface area contributed by atoms with Gasteiger partial charge in [0.1, 0.15) is 5.82 Å². The number of sulfonamides is 1.